The van der Waals surface area contributed by atoms with Gasteiger partial charge < -0.3 is 9.84 Å². The minimum Gasteiger partial charge on any atom is -0.469 e. The highest BCUT2D eigenvalue weighted by atomic mass is 16.5. The van der Waals surface area contributed by atoms with Gasteiger partial charge in [-0.2, -0.15) is 0 Å². The maximum atomic E-state index is 12.6. The Hall–Kier alpha value is -0.570. The summed E-state index contributed by atoms with van der Waals surface area (Å²) in [5.41, 5.74) is -0.305. The fourth-order valence-electron chi connectivity index (χ4n) is 7.10. The highest BCUT2D eigenvalue weighted by Crippen LogP contribution is 2.60. The minimum atomic E-state index is -0.305. The number of methoxy groups -OCH3 is 1. The predicted molar refractivity (Wildman–Crippen MR) is 99.9 cm³/mol. The Kier molecular flexibility index (Phi) is 5.54. The maximum Gasteiger partial charge on any atom is 0.311 e. The van der Waals surface area contributed by atoms with Crippen molar-refractivity contribution in [1.29, 1.82) is 0 Å². The van der Waals surface area contributed by atoms with Crippen LogP contribution in [0.15, 0.2) is 0 Å². The lowest BCUT2D eigenvalue weighted by Gasteiger charge is -2.58. The third-order valence-electron chi connectivity index (χ3n) is 8.51. The van der Waals surface area contributed by atoms with Crippen molar-refractivity contribution < 1.29 is 14.6 Å². The first kappa shape index (κ1) is 19.2. The molecule has 25 heavy (non-hydrogen) atoms. The second kappa shape index (κ2) is 7.21. The van der Waals surface area contributed by atoms with Crippen LogP contribution in [-0.4, -0.2) is 24.8 Å². The molecule has 3 saturated carbocycles. The lowest BCUT2D eigenvalue weighted by Crippen LogP contribution is -2.54. The normalized spacial score (nSPS) is 47.1. The summed E-state index contributed by atoms with van der Waals surface area (Å²) in [6.07, 6.45) is 6.97. The number of fused-ring (bicyclic) bond motifs is 3. The molecule has 3 aliphatic rings. The monoisotopic (exact) mass is 350 g/mol. The van der Waals surface area contributed by atoms with Crippen molar-refractivity contribution in [2.24, 2.45) is 52.8 Å². The van der Waals surface area contributed by atoms with Gasteiger partial charge in [-0.3, -0.25) is 4.79 Å². The van der Waals surface area contributed by atoms with E-state index in [4.69, 9.17) is 4.74 Å². The molecule has 3 rings (SSSR count). The van der Waals surface area contributed by atoms with Gasteiger partial charge in [-0.1, -0.05) is 20.8 Å². The van der Waals surface area contributed by atoms with Gasteiger partial charge >= 0.3 is 5.97 Å². The first-order valence-electron chi connectivity index (χ1n) is 10.5. The lowest BCUT2D eigenvalue weighted by molar-refractivity contribution is -0.169. The van der Waals surface area contributed by atoms with Crippen molar-refractivity contribution in [2.75, 3.05) is 13.7 Å². The van der Waals surface area contributed by atoms with E-state index in [0.717, 1.165) is 25.2 Å². The number of carbonyl (C=O) groups excluding carboxylic acids is 1. The quantitative estimate of drug-likeness (QED) is 0.761. The Morgan fingerprint density at radius 2 is 1.96 bits per heavy atom. The molecule has 0 aromatic rings. The number of hydrogen-bond acceptors (Lipinski definition) is 3. The number of hydrogen-bond donors (Lipinski definition) is 1. The summed E-state index contributed by atoms with van der Waals surface area (Å²) in [7, 11) is 1.54. The molecule has 3 aliphatic carbocycles. The van der Waals surface area contributed by atoms with E-state index in [1.54, 1.807) is 7.11 Å². The molecule has 8 atom stereocenters. The molecular formula is C22H38O3. The molecule has 7 unspecified atom stereocenters. The van der Waals surface area contributed by atoms with Crippen LogP contribution in [0.3, 0.4) is 0 Å². The molecule has 0 radical (unpaired) electrons. The zero-order chi connectivity index (χ0) is 18.4. The standard InChI is InChI=1S/C22H38O3/c1-13(2)17-10-15-6-7-19-20(18(15)11-16(17)12-23)14(3)8-9-22(19,4)21(24)25-5/h13-20,23H,6-12H2,1-5H3/t14-,15?,16?,17?,18?,19?,20?,22?/m0/s1. The Morgan fingerprint density at radius 1 is 1.24 bits per heavy atom. The minimum absolute atomic E-state index is 0.00224. The number of rotatable bonds is 3. The first-order chi connectivity index (χ1) is 11.8. The first-order valence-corrected chi connectivity index (χ1v) is 10.5. The summed E-state index contributed by atoms with van der Waals surface area (Å²) in [6, 6.07) is 0. The van der Waals surface area contributed by atoms with Gasteiger partial charge in [-0.15, -0.1) is 0 Å². The van der Waals surface area contributed by atoms with E-state index in [0.29, 0.717) is 48.0 Å². The van der Waals surface area contributed by atoms with Crippen molar-refractivity contribution in [3.63, 3.8) is 0 Å². The highest BCUT2D eigenvalue weighted by Gasteiger charge is 2.56. The highest BCUT2D eigenvalue weighted by molar-refractivity contribution is 5.77. The van der Waals surface area contributed by atoms with Crippen molar-refractivity contribution in [3.8, 4) is 0 Å². The SMILES string of the molecule is COC(=O)C1(C)CC[C@H](C)C2C3CC(CO)C(C(C)C)CC3CCC21. The van der Waals surface area contributed by atoms with E-state index in [1.165, 1.54) is 19.3 Å². The van der Waals surface area contributed by atoms with E-state index in [2.05, 4.69) is 27.7 Å². The smallest absolute Gasteiger partial charge is 0.311 e. The summed E-state index contributed by atoms with van der Waals surface area (Å²) in [4.78, 5) is 12.6. The topological polar surface area (TPSA) is 46.5 Å². The van der Waals surface area contributed by atoms with Crippen LogP contribution < -0.4 is 0 Å². The Balaban J connectivity index is 1.87. The molecule has 3 nitrogen and oxygen atoms in total. The average Bonchev–Trinajstić information content (AvgIpc) is 2.62. The molecule has 3 fully saturated rings. The summed E-state index contributed by atoms with van der Waals surface area (Å²) in [6.45, 7) is 9.52. The zero-order valence-electron chi connectivity index (χ0n) is 16.8. The molecular weight excluding hydrogens is 312 g/mol. The summed E-state index contributed by atoms with van der Waals surface area (Å²) in [5.74, 6) is 5.00. The van der Waals surface area contributed by atoms with Gasteiger partial charge in [0.25, 0.3) is 0 Å². The molecule has 0 bridgehead atoms. The van der Waals surface area contributed by atoms with E-state index in [-0.39, 0.29) is 11.4 Å². The van der Waals surface area contributed by atoms with Crippen LogP contribution >= 0.6 is 0 Å². The summed E-state index contributed by atoms with van der Waals surface area (Å²) >= 11 is 0. The molecule has 3 heteroatoms. The van der Waals surface area contributed by atoms with E-state index in [1.807, 2.05) is 0 Å². The fourth-order valence-corrected chi connectivity index (χ4v) is 7.10. The Bertz CT molecular complexity index is 488. The third-order valence-corrected chi connectivity index (χ3v) is 8.51. The molecule has 1 N–H and O–H groups in total. The van der Waals surface area contributed by atoms with E-state index < -0.39 is 0 Å². The summed E-state index contributed by atoms with van der Waals surface area (Å²) in [5, 5.41) is 10.0. The zero-order valence-corrected chi connectivity index (χ0v) is 16.8. The van der Waals surface area contributed by atoms with Gasteiger partial charge in [0, 0.05) is 6.61 Å². The molecule has 144 valence electrons. The van der Waals surface area contributed by atoms with Crippen molar-refractivity contribution in [3.05, 3.63) is 0 Å². The van der Waals surface area contributed by atoms with Gasteiger partial charge in [0.2, 0.25) is 0 Å². The fraction of sp³-hybridized carbons (Fsp3) is 0.955. The van der Waals surface area contributed by atoms with E-state index in [9.17, 15) is 9.90 Å². The summed E-state index contributed by atoms with van der Waals surface area (Å²) < 4.78 is 5.22. The van der Waals surface area contributed by atoms with Crippen LogP contribution in [-0.2, 0) is 9.53 Å². The predicted octanol–water partition coefficient (Wildman–Crippen LogP) is 4.53. The molecule has 0 amide bonds. The van der Waals surface area contributed by atoms with Crippen LogP contribution in [0.25, 0.3) is 0 Å². The largest absolute Gasteiger partial charge is 0.469 e. The molecule has 0 spiro atoms. The van der Waals surface area contributed by atoms with Gasteiger partial charge in [0.05, 0.1) is 12.5 Å². The number of carbonyl (C=O) groups is 1. The Labute approximate surface area is 153 Å². The number of aliphatic hydroxyl groups excluding tert-OH is 1. The molecule has 0 aliphatic heterocycles. The second-order valence-electron chi connectivity index (χ2n) is 9.93. The van der Waals surface area contributed by atoms with Gasteiger partial charge in [-0.05, 0) is 92.8 Å². The van der Waals surface area contributed by atoms with Crippen LogP contribution in [0, 0.1) is 52.8 Å². The lowest BCUT2D eigenvalue weighted by atomic mass is 9.47. The van der Waals surface area contributed by atoms with Crippen LogP contribution in [0.5, 0.6) is 0 Å². The number of ether oxygens (including phenoxy) is 1. The van der Waals surface area contributed by atoms with Crippen molar-refractivity contribution >= 4 is 5.97 Å². The molecule has 0 aromatic heterocycles. The Morgan fingerprint density at radius 3 is 2.56 bits per heavy atom. The van der Waals surface area contributed by atoms with Crippen molar-refractivity contribution in [1.82, 2.24) is 0 Å². The van der Waals surface area contributed by atoms with Crippen LogP contribution in [0.2, 0.25) is 0 Å². The molecule has 0 saturated heterocycles. The van der Waals surface area contributed by atoms with Crippen LogP contribution in [0.4, 0.5) is 0 Å². The van der Waals surface area contributed by atoms with Gasteiger partial charge in [-0.25, -0.2) is 0 Å². The van der Waals surface area contributed by atoms with Gasteiger partial charge in [0.15, 0.2) is 0 Å². The third kappa shape index (κ3) is 3.15. The average molecular weight is 351 g/mol. The second-order valence-corrected chi connectivity index (χ2v) is 9.93. The molecule has 0 heterocycles. The van der Waals surface area contributed by atoms with E-state index >= 15 is 0 Å². The number of aliphatic hydroxyl groups is 1. The number of esters is 1. The van der Waals surface area contributed by atoms with Gasteiger partial charge in [0.1, 0.15) is 0 Å². The molecule has 0 aromatic carbocycles. The maximum absolute atomic E-state index is 12.6. The van der Waals surface area contributed by atoms with Crippen LogP contribution in [0.1, 0.15) is 66.2 Å². The van der Waals surface area contributed by atoms with Crippen molar-refractivity contribution in [2.45, 2.75) is 66.2 Å².